The quantitative estimate of drug-likeness (QED) is 0.627. The van der Waals surface area contributed by atoms with Gasteiger partial charge in [-0.3, -0.25) is 0 Å². The molecular weight excluding hydrogens is 214 g/mol. The fraction of sp³-hybridized carbons (Fsp3) is 0.357. The zero-order valence-electron chi connectivity index (χ0n) is 10.6. The maximum absolute atomic E-state index is 11.6. The number of benzene rings is 1. The molecule has 0 aliphatic heterocycles. The smallest absolute Gasteiger partial charge is 0.335 e. The zero-order valence-corrected chi connectivity index (χ0v) is 10.6. The summed E-state index contributed by atoms with van der Waals surface area (Å²) in [4.78, 5) is 11.6. The second-order valence-electron chi connectivity index (χ2n) is 4.21. The number of hydrogen-bond acceptors (Lipinski definition) is 3. The van der Waals surface area contributed by atoms with Crippen LogP contribution in [0, 0.1) is 0 Å². The molecule has 1 aromatic carbocycles. The number of esters is 1. The SMILES string of the molecule is C/C(=C/NC(C)C)C(=O)OCc1ccccc1. The molecule has 0 spiro atoms. The monoisotopic (exact) mass is 233 g/mol. The normalized spacial score (nSPS) is 11.4. The number of hydrogen-bond donors (Lipinski definition) is 1. The van der Waals surface area contributed by atoms with Crippen molar-refractivity contribution in [3.8, 4) is 0 Å². The highest BCUT2D eigenvalue weighted by Crippen LogP contribution is 2.03. The van der Waals surface area contributed by atoms with Crippen LogP contribution in [0.3, 0.4) is 0 Å². The lowest BCUT2D eigenvalue weighted by molar-refractivity contribution is -0.140. The van der Waals surface area contributed by atoms with Gasteiger partial charge in [-0.2, -0.15) is 0 Å². The zero-order chi connectivity index (χ0) is 12.7. The first-order valence-corrected chi connectivity index (χ1v) is 5.73. The van der Waals surface area contributed by atoms with Gasteiger partial charge in [-0.25, -0.2) is 4.79 Å². The number of rotatable bonds is 5. The summed E-state index contributed by atoms with van der Waals surface area (Å²) >= 11 is 0. The van der Waals surface area contributed by atoms with Gasteiger partial charge >= 0.3 is 5.97 Å². The predicted molar refractivity (Wildman–Crippen MR) is 68.3 cm³/mol. The third-order valence-corrected chi connectivity index (χ3v) is 2.17. The molecule has 0 saturated carbocycles. The summed E-state index contributed by atoms with van der Waals surface area (Å²) in [6, 6.07) is 9.95. The molecule has 0 amide bonds. The van der Waals surface area contributed by atoms with E-state index in [-0.39, 0.29) is 5.97 Å². The standard InChI is InChI=1S/C14H19NO2/c1-11(2)15-9-12(3)14(16)17-10-13-7-5-4-6-8-13/h4-9,11,15H,10H2,1-3H3/b12-9-. The van der Waals surface area contributed by atoms with Gasteiger partial charge in [0, 0.05) is 17.8 Å². The van der Waals surface area contributed by atoms with Crippen molar-refractivity contribution < 1.29 is 9.53 Å². The highest BCUT2D eigenvalue weighted by molar-refractivity contribution is 5.87. The average Bonchev–Trinajstić information content (AvgIpc) is 2.34. The first-order chi connectivity index (χ1) is 8.09. The first-order valence-electron chi connectivity index (χ1n) is 5.73. The Morgan fingerprint density at radius 2 is 2.00 bits per heavy atom. The van der Waals surface area contributed by atoms with Gasteiger partial charge in [0.25, 0.3) is 0 Å². The van der Waals surface area contributed by atoms with Crippen LogP contribution < -0.4 is 5.32 Å². The highest BCUT2D eigenvalue weighted by atomic mass is 16.5. The molecule has 92 valence electrons. The van der Waals surface area contributed by atoms with E-state index in [1.54, 1.807) is 13.1 Å². The molecule has 0 bridgehead atoms. The van der Waals surface area contributed by atoms with Crippen molar-refractivity contribution >= 4 is 5.97 Å². The molecule has 17 heavy (non-hydrogen) atoms. The minimum atomic E-state index is -0.290. The van der Waals surface area contributed by atoms with Crippen molar-refractivity contribution in [1.29, 1.82) is 0 Å². The molecule has 0 aliphatic rings. The van der Waals surface area contributed by atoms with Gasteiger partial charge in [-0.05, 0) is 26.3 Å². The summed E-state index contributed by atoms with van der Waals surface area (Å²) in [7, 11) is 0. The fourth-order valence-electron chi connectivity index (χ4n) is 1.19. The Labute approximate surface area is 102 Å². The van der Waals surface area contributed by atoms with Crippen LogP contribution in [0.5, 0.6) is 0 Å². The van der Waals surface area contributed by atoms with Crippen LogP contribution in [0.4, 0.5) is 0 Å². The Bertz CT molecular complexity index is 382. The van der Waals surface area contributed by atoms with Crippen molar-refractivity contribution in [3.05, 3.63) is 47.7 Å². The van der Waals surface area contributed by atoms with E-state index >= 15 is 0 Å². The predicted octanol–water partition coefficient (Wildman–Crippen LogP) is 2.63. The molecule has 3 nitrogen and oxygen atoms in total. The fourth-order valence-corrected chi connectivity index (χ4v) is 1.19. The molecule has 0 atom stereocenters. The maximum Gasteiger partial charge on any atom is 0.335 e. The van der Waals surface area contributed by atoms with Crippen molar-refractivity contribution in [2.45, 2.75) is 33.4 Å². The molecule has 3 heteroatoms. The summed E-state index contributed by atoms with van der Waals surface area (Å²) in [5, 5.41) is 3.06. The minimum absolute atomic E-state index is 0.290. The molecule has 0 aromatic heterocycles. The largest absolute Gasteiger partial charge is 0.457 e. The van der Waals surface area contributed by atoms with Gasteiger partial charge < -0.3 is 10.1 Å². The van der Waals surface area contributed by atoms with E-state index in [1.165, 1.54) is 0 Å². The molecule has 1 rings (SSSR count). The van der Waals surface area contributed by atoms with Crippen LogP contribution in [0.15, 0.2) is 42.1 Å². The van der Waals surface area contributed by atoms with Crippen LogP contribution in [0.25, 0.3) is 0 Å². The minimum Gasteiger partial charge on any atom is -0.457 e. The van der Waals surface area contributed by atoms with E-state index in [0.29, 0.717) is 18.2 Å². The van der Waals surface area contributed by atoms with Gasteiger partial charge in [0.05, 0.1) is 0 Å². The summed E-state index contributed by atoms with van der Waals surface area (Å²) in [6.07, 6.45) is 1.69. The Kier molecular flexibility index (Phi) is 5.27. The lowest BCUT2D eigenvalue weighted by atomic mass is 10.2. The summed E-state index contributed by atoms with van der Waals surface area (Å²) < 4.78 is 5.17. The van der Waals surface area contributed by atoms with Crippen LogP contribution in [-0.4, -0.2) is 12.0 Å². The number of carbonyl (C=O) groups is 1. The first kappa shape index (κ1) is 13.3. The third kappa shape index (κ3) is 5.20. The Hall–Kier alpha value is -1.77. The topological polar surface area (TPSA) is 38.3 Å². The molecule has 0 fully saturated rings. The maximum atomic E-state index is 11.6. The molecule has 0 heterocycles. The van der Waals surface area contributed by atoms with Crippen molar-refractivity contribution in [2.75, 3.05) is 0 Å². The number of carbonyl (C=O) groups excluding carboxylic acids is 1. The third-order valence-electron chi connectivity index (χ3n) is 2.17. The summed E-state index contributed by atoms with van der Waals surface area (Å²) in [5.74, 6) is -0.290. The number of ether oxygens (including phenoxy) is 1. The van der Waals surface area contributed by atoms with Crippen molar-refractivity contribution in [1.82, 2.24) is 5.32 Å². The van der Waals surface area contributed by atoms with E-state index < -0.39 is 0 Å². The molecule has 0 radical (unpaired) electrons. The molecule has 0 unspecified atom stereocenters. The van der Waals surface area contributed by atoms with Gasteiger partial charge in [-0.1, -0.05) is 30.3 Å². The van der Waals surface area contributed by atoms with Crippen molar-refractivity contribution in [2.24, 2.45) is 0 Å². The van der Waals surface area contributed by atoms with E-state index in [0.717, 1.165) is 5.56 Å². The van der Waals surface area contributed by atoms with Gasteiger partial charge in [-0.15, -0.1) is 0 Å². The van der Waals surface area contributed by atoms with Crippen LogP contribution in [0.2, 0.25) is 0 Å². The average molecular weight is 233 g/mol. The van der Waals surface area contributed by atoms with Gasteiger partial charge in [0.15, 0.2) is 0 Å². The summed E-state index contributed by atoms with van der Waals surface area (Å²) in [6.45, 7) is 6.08. The molecule has 1 N–H and O–H groups in total. The van der Waals surface area contributed by atoms with Crippen LogP contribution in [-0.2, 0) is 16.1 Å². The molecule has 0 saturated heterocycles. The van der Waals surface area contributed by atoms with E-state index in [1.807, 2.05) is 44.2 Å². The second-order valence-corrected chi connectivity index (χ2v) is 4.21. The molecule has 1 aromatic rings. The van der Waals surface area contributed by atoms with E-state index in [4.69, 9.17) is 4.74 Å². The molecular formula is C14H19NO2. The lowest BCUT2D eigenvalue weighted by Crippen LogP contribution is -2.18. The second kappa shape index (κ2) is 6.74. The van der Waals surface area contributed by atoms with E-state index in [9.17, 15) is 4.79 Å². The van der Waals surface area contributed by atoms with E-state index in [2.05, 4.69) is 5.32 Å². The van der Waals surface area contributed by atoms with Gasteiger partial charge in [0.2, 0.25) is 0 Å². The van der Waals surface area contributed by atoms with Gasteiger partial charge in [0.1, 0.15) is 6.61 Å². The van der Waals surface area contributed by atoms with Crippen LogP contribution in [0.1, 0.15) is 26.3 Å². The highest BCUT2D eigenvalue weighted by Gasteiger charge is 2.05. The Morgan fingerprint density at radius 3 is 2.59 bits per heavy atom. The Balaban J connectivity index is 2.42. The van der Waals surface area contributed by atoms with Crippen LogP contribution >= 0.6 is 0 Å². The summed E-state index contributed by atoms with van der Waals surface area (Å²) in [5.41, 5.74) is 1.57. The lowest BCUT2D eigenvalue weighted by Gasteiger charge is -2.07. The van der Waals surface area contributed by atoms with Crippen molar-refractivity contribution in [3.63, 3.8) is 0 Å². The Morgan fingerprint density at radius 1 is 1.35 bits per heavy atom. The molecule has 0 aliphatic carbocycles. The number of nitrogens with one attached hydrogen (secondary N) is 1.